The summed E-state index contributed by atoms with van der Waals surface area (Å²) < 4.78 is 10.1. The molecule has 0 unspecified atom stereocenters. The average molecular weight is 360 g/mol. The van der Waals surface area contributed by atoms with E-state index in [-0.39, 0.29) is 23.7 Å². The van der Waals surface area contributed by atoms with E-state index in [1.807, 2.05) is 0 Å². The van der Waals surface area contributed by atoms with Crippen molar-refractivity contribution in [1.82, 2.24) is 10.1 Å². The predicted molar refractivity (Wildman–Crippen MR) is 87.0 cm³/mol. The molecule has 1 heterocycles. The number of nitrogens with zero attached hydrogens (tertiary/aromatic N) is 3. The molecule has 0 aliphatic rings. The maximum absolute atomic E-state index is 12.0. The number of esters is 1. The Balaban J connectivity index is 1.67. The molecule has 0 fully saturated rings. The third-order valence-electron chi connectivity index (χ3n) is 3.17. The average Bonchev–Trinajstić information content (AvgIpc) is 3.09. The standard InChI is InChI=1S/C16H10ClN3O5/c17-12-5-1-3-10(7-12)15-18-14(25-19-15)9-24-16(21)11-4-2-6-13(8-11)20(22)23/h1-8H,9H2. The Bertz CT molecular complexity index is 941. The monoisotopic (exact) mass is 359 g/mol. The Kier molecular flexibility index (Phi) is 4.71. The van der Waals surface area contributed by atoms with Crippen LogP contribution in [0.3, 0.4) is 0 Å². The second-order valence-electron chi connectivity index (χ2n) is 4.91. The van der Waals surface area contributed by atoms with Crippen molar-refractivity contribution < 1.29 is 19.0 Å². The third-order valence-corrected chi connectivity index (χ3v) is 3.41. The lowest BCUT2D eigenvalue weighted by molar-refractivity contribution is -0.384. The number of ether oxygens (including phenoxy) is 1. The number of rotatable bonds is 5. The Labute approximate surface area is 146 Å². The predicted octanol–water partition coefficient (Wildman–Crippen LogP) is 3.66. The zero-order valence-electron chi connectivity index (χ0n) is 12.6. The number of carbonyl (C=O) groups excluding carboxylic acids is 1. The molecule has 0 spiro atoms. The van der Waals surface area contributed by atoms with Gasteiger partial charge in [-0.05, 0) is 18.2 Å². The number of nitro groups is 1. The number of aromatic nitrogens is 2. The number of carbonyl (C=O) groups is 1. The first-order valence-corrected chi connectivity index (χ1v) is 7.41. The van der Waals surface area contributed by atoms with E-state index in [1.54, 1.807) is 24.3 Å². The Morgan fingerprint density at radius 3 is 2.80 bits per heavy atom. The molecule has 0 atom stereocenters. The van der Waals surface area contributed by atoms with Crippen LogP contribution in [0.2, 0.25) is 5.02 Å². The zero-order chi connectivity index (χ0) is 17.8. The van der Waals surface area contributed by atoms with Crippen molar-refractivity contribution in [3.63, 3.8) is 0 Å². The lowest BCUT2D eigenvalue weighted by Gasteiger charge is -2.01. The fourth-order valence-corrected chi connectivity index (χ4v) is 2.21. The number of hydrogen-bond donors (Lipinski definition) is 0. The highest BCUT2D eigenvalue weighted by Gasteiger charge is 2.15. The van der Waals surface area contributed by atoms with Crippen molar-refractivity contribution in [3.8, 4) is 11.4 Å². The van der Waals surface area contributed by atoms with E-state index in [0.717, 1.165) is 6.07 Å². The van der Waals surface area contributed by atoms with Gasteiger partial charge >= 0.3 is 5.97 Å². The van der Waals surface area contributed by atoms with Crippen molar-refractivity contribution in [2.45, 2.75) is 6.61 Å². The number of hydrogen-bond acceptors (Lipinski definition) is 7. The normalized spacial score (nSPS) is 10.4. The molecule has 8 nitrogen and oxygen atoms in total. The first-order valence-electron chi connectivity index (χ1n) is 7.03. The van der Waals surface area contributed by atoms with Gasteiger partial charge in [0.2, 0.25) is 5.82 Å². The maximum Gasteiger partial charge on any atom is 0.338 e. The van der Waals surface area contributed by atoms with Crippen LogP contribution >= 0.6 is 11.6 Å². The van der Waals surface area contributed by atoms with Gasteiger partial charge < -0.3 is 9.26 Å². The highest BCUT2D eigenvalue weighted by molar-refractivity contribution is 6.30. The van der Waals surface area contributed by atoms with E-state index in [0.29, 0.717) is 16.4 Å². The summed E-state index contributed by atoms with van der Waals surface area (Å²) in [5.41, 5.74) is 0.520. The van der Waals surface area contributed by atoms with Gasteiger partial charge in [-0.25, -0.2) is 4.79 Å². The molecular weight excluding hydrogens is 350 g/mol. The highest BCUT2D eigenvalue weighted by Crippen LogP contribution is 2.20. The van der Waals surface area contributed by atoms with Gasteiger partial charge in [0, 0.05) is 22.7 Å². The summed E-state index contributed by atoms with van der Waals surface area (Å²) in [7, 11) is 0. The number of halogens is 1. The van der Waals surface area contributed by atoms with Crippen molar-refractivity contribution in [3.05, 3.63) is 75.1 Å². The van der Waals surface area contributed by atoms with Crippen molar-refractivity contribution in [1.29, 1.82) is 0 Å². The number of non-ortho nitro benzene ring substituents is 1. The van der Waals surface area contributed by atoms with Gasteiger partial charge in [-0.3, -0.25) is 10.1 Å². The van der Waals surface area contributed by atoms with E-state index in [2.05, 4.69) is 10.1 Å². The summed E-state index contributed by atoms with van der Waals surface area (Å²) in [6.07, 6.45) is 0. The SMILES string of the molecule is O=C(OCc1nc(-c2cccc(Cl)c2)no1)c1cccc([N+](=O)[O-])c1. The van der Waals surface area contributed by atoms with Crippen LogP contribution in [-0.4, -0.2) is 21.0 Å². The Morgan fingerprint density at radius 1 is 1.24 bits per heavy atom. The molecule has 2 aromatic carbocycles. The largest absolute Gasteiger partial charge is 0.452 e. The molecular formula is C16H10ClN3O5. The van der Waals surface area contributed by atoms with E-state index >= 15 is 0 Å². The molecule has 3 aromatic rings. The van der Waals surface area contributed by atoms with Gasteiger partial charge in [0.15, 0.2) is 6.61 Å². The van der Waals surface area contributed by atoms with Crippen LogP contribution in [0.15, 0.2) is 53.1 Å². The minimum atomic E-state index is -0.730. The zero-order valence-corrected chi connectivity index (χ0v) is 13.3. The van der Waals surface area contributed by atoms with Crippen LogP contribution in [0.25, 0.3) is 11.4 Å². The van der Waals surface area contributed by atoms with Crippen LogP contribution in [0.5, 0.6) is 0 Å². The van der Waals surface area contributed by atoms with Crippen LogP contribution < -0.4 is 0 Å². The topological polar surface area (TPSA) is 108 Å². The van der Waals surface area contributed by atoms with Crippen LogP contribution in [0.1, 0.15) is 16.2 Å². The van der Waals surface area contributed by atoms with Gasteiger partial charge in [0.05, 0.1) is 10.5 Å². The lowest BCUT2D eigenvalue weighted by Crippen LogP contribution is -2.06. The van der Waals surface area contributed by atoms with Gasteiger partial charge in [-0.15, -0.1) is 0 Å². The molecule has 9 heteroatoms. The summed E-state index contributed by atoms with van der Waals surface area (Å²) in [5.74, 6) is -0.330. The minimum Gasteiger partial charge on any atom is -0.452 e. The van der Waals surface area contributed by atoms with Gasteiger partial charge in [-0.2, -0.15) is 4.98 Å². The first kappa shape index (κ1) is 16.6. The van der Waals surface area contributed by atoms with Gasteiger partial charge in [-0.1, -0.05) is 35.0 Å². The molecule has 1 aromatic heterocycles. The second kappa shape index (κ2) is 7.10. The molecule has 25 heavy (non-hydrogen) atoms. The molecule has 0 radical (unpaired) electrons. The van der Waals surface area contributed by atoms with Crippen LogP contribution in [-0.2, 0) is 11.3 Å². The van der Waals surface area contributed by atoms with E-state index in [9.17, 15) is 14.9 Å². The quantitative estimate of drug-likeness (QED) is 0.388. The van der Waals surface area contributed by atoms with Crippen molar-refractivity contribution in [2.75, 3.05) is 0 Å². The molecule has 3 rings (SSSR count). The highest BCUT2D eigenvalue weighted by atomic mass is 35.5. The summed E-state index contributed by atoms with van der Waals surface area (Å²) in [6, 6.07) is 12.1. The van der Waals surface area contributed by atoms with Crippen LogP contribution in [0.4, 0.5) is 5.69 Å². The summed E-state index contributed by atoms with van der Waals surface area (Å²) in [5, 5.41) is 15.0. The fraction of sp³-hybridized carbons (Fsp3) is 0.0625. The summed E-state index contributed by atoms with van der Waals surface area (Å²) in [6.45, 7) is -0.255. The minimum absolute atomic E-state index is 0.0591. The smallest absolute Gasteiger partial charge is 0.338 e. The first-order chi connectivity index (χ1) is 12.0. The third kappa shape index (κ3) is 3.99. The number of nitro benzene ring substituents is 1. The number of benzene rings is 2. The second-order valence-corrected chi connectivity index (χ2v) is 5.34. The van der Waals surface area contributed by atoms with Crippen molar-refractivity contribution >= 4 is 23.3 Å². The lowest BCUT2D eigenvalue weighted by atomic mass is 10.2. The van der Waals surface area contributed by atoms with Gasteiger partial charge in [0.25, 0.3) is 11.6 Å². The van der Waals surface area contributed by atoms with E-state index in [1.165, 1.54) is 18.2 Å². The molecule has 0 amide bonds. The summed E-state index contributed by atoms with van der Waals surface area (Å²) >= 11 is 5.90. The summed E-state index contributed by atoms with van der Waals surface area (Å²) in [4.78, 5) is 26.2. The molecule has 0 bridgehead atoms. The van der Waals surface area contributed by atoms with E-state index in [4.69, 9.17) is 20.9 Å². The Morgan fingerprint density at radius 2 is 2.04 bits per heavy atom. The Hall–Kier alpha value is -3.26. The molecule has 0 aliphatic carbocycles. The van der Waals surface area contributed by atoms with Crippen molar-refractivity contribution in [2.24, 2.45) is 0 Å². The van der Waals surface area contributed by atoms with Gasteiger partial charge in [0.1, 0.15) is 0 Å². The molecule has 0 aliphatic heterocycles. The molecule has 0 N–H and O–H groups in total. The van der Waals surface area contributed by atoms with E-state index < -0.39 is 10.9 Å². The molecule has 0 saturated carbocycles. The molecule has 126 valence electrons. The van der Waals surface area contributed by atoms with Crippen LogP contribution in [0, 0.1) is 10.1 Å². The fourth-order valence-electron chi connectivity index (χ4n) is 2.02. The maximum atomic E-state index is 12.0. The molecule has 0 saturated heterocycles.